The second kappa shape index (κ2) is 3.91. The molecular weight excluding hydrogens is 229 g/mol. The summed E-state index contributed by atoms with van der Waals surface area (Å²) >= 11 is 0. The van der Waals surface area contributed by atoms with Gasteiger partial charge in [0.05, 0.1) is 11.1 Å². The number of aryl methyl sites for hydroxylation is 1. The van der Waals surface area contributed by atoms with Gasteiger partial charge in [-0.3, -0.25) is 0 Å². The summed E-state index contributed by atoms with van der Waals surface area (Å²) in [6, 6.07) is 5.25. The first kappa shape index (κ1) is 11.7. The van der Waals surface area contributed by atoms with Gasteiger partial charge in [0.25, 0.3) is 0 Å². The Bertz CT molecular complexity index is 561. The number of benzene rings is 1. The fourth-order valence-corrected chi connectivity index (χ4v) is 1.71. The minimum absolute atomic E-state index is 0.497. The highest BCUT2D eigenvalue weighted by molar-refractivity contribution is 5.82. The van der Waals surface area contributed by atoms with Gasteiger partial charge >= 0.3 is 6.18 Å². The van der Waals surface area contributed by atoms with E-state index in [0.717, 1.165) is 17.7 Å². The number of halogens is 3. The zero-order chi connectivity index (χ0) is 12.6. The molecule has 2 rings (SSSR count). The van der Waals surface area contributed by atoms with Crippen molar-refractivity contribution in [1.82, 2.24) is 4.98 Å². The molecule has 17 heavy (non-hydrogen) atoms. The van der Waals surface area contributed by atoms with E-state index in [1.807, 2.05) is 0 Å². The van der Waals surface area contributed by atoms with Gasteiger partial charge in [-0.1, -0.05) is 0 Å². The molecular formula is C12H11F3N2. The molecule has 0 atom stereocenters. The lowest BCUT2D eigenvalue weighted by Crippen LogP contribution is -2.04. The van der Waals surface area contributed by atoms with E-state index in [-0.39, 0.29) is 0 Å². The summed E-state index contributed by atoms with van der Waals surface area (Å²) in [5.74, 6) is 0.678. The topological polar surface area (TPSA) is 24.9 Å². The van der Waals surface area contributed by atoms with E-state index in [1.165, 1.54) is 6.07 Å². The van der Waals surface area contributed by atoms with E-state index in [9.17, 15) is 13.2 Å². The summed E-state index contributed by atoms with van der Waals surface area (Å²) in [4.78, 5) is 4.24. The number of alkyl halides is 3. The lowest BCUT2D eigenvalue weighted by atomic mass is 10.1. The molecule has 5 heteroatoms. The maximum atomic E-state index is 12.5. The number of fused-ring (bicyclic) bond motifs is 1. The van der Waals surface area contributed by atoms with Crippen LogP contribution in [-0.4, -0.2) is 12.0 Å². The lowest BCUT2D eigenvalue weighted by molar-refractivity contribution is -0.137. The molecule has 1 aromatic heterocycles. The maximum absolute atomic E-state index is 12.5. The van der Waals surface area contributed by atoms with Crippen LogP contribution in [0.15, 0.2) is 24.3 Å². The Labute approximate surface area is 96.5 Å². The van der Waals surface area contributed by atoms with Gasteiger partial charge in [0.1, 0.15) is 5.82 Å². The Kier molecular flexibility index (Phi) is 2.69. The van der Waals surface area contributed by atoms with Crippen LogP contribution < -0.4 is 5.32 Å². The van der Waals surface area contributed by atoms with Crippen LogP contribution in [-0.2, 0) is 6.18 Å². The Morgan fingerprint density at radius 2 is 1.88 bits per heavy atom. The number of nitrogens with zero attached hydrogens (tertiary/aromatic N) is 1. The molecule has 0 radical (unpaired) electrons. The number of rotatable bonds is 1. The van der Waals surface area contributed by atoms with E-state index >= 15 is 0 Å². The van der Waals surface area contributed by atoms with Crippen LogP contribution >= 0.6 is 0 Å². The molecule has 2 aromatic rings. The van der Waals surface area contributed by atoms with Gasteiger partial charge in [-0.15, -0.1) is 0 Å². The number of anilines is 1. The van der Waals surface area contributed by atoms with Crippen molar-refractivity contribution in [2.75, 3.05) is 12.4 Å². The van der Waals surface area contributed by atoms with Gasteiger partial charge < -0.3 is 5.32 Å². The highest BCUT2D eigenvalue weighted by Crippen LogP contribution is 2.31. The number of hydrogen-bond donors (Lipinski definition) is 1. The van der Waals surface area contributed by atoms with E-state index in [2.05, 4.69) is 10.3 Å². The Morgan fingerprint density at radius 3 is 2.47 bits per heavy atom. The zero-order valence-corrected chi connectivity index (χ0v) is 9.39. The molecule has 0 bridgehead atoms. The molecule has 0 aliphatic rings. The van der Waals surface area contributed by atoms with Crippen LogP contribution in [0.25, 0.3) is 10.9 Å². The molecule has 1 heterocycles. The second-order valence-corrected chi connectivity index (χ2v) is 3.81. The molecule has 0 unspecified atom stereocenters. The summed E-state index contributed by atoms with van der Waals surface area (Å²) < 4.78 is 37.6. The number of pyridine rings is 1. The molecule has 90 valence electrons. The van der Waals surface area contributed by atoms with Gasteiger partial charge in [-0.2, -0.15) is 13.2 Å². The van der Waals surface area contributed by atoms with E-state index < -0.39 is 11.7 Å². The van der Waals surface area contributed by atoms with Crippen molar-refractivity contribution < 1.29 is 13.2 Å². The van der Waals surface area contributed by atoms with Crippen molar-refractivity contribution in [3.63, 3.8) is 0 Å². The fourth-order valence-electron chi connectivity index (χ4n) is 1.71. The minimum Gasteiger partial charge on any atom is -0.373 e. The first-order valence-corrected chi connectivity index (χ1v) is 5.08. The quantitative estimate of drug-likeness (QED) is 0.823. The van der Waals surface area contributed by atoms with Crippen LogP contribution in [0.1, 0.15) is 11.1 Å². The van der Waals surface area contributed by atoms with Crippen LogP contribution in [0.5, 0.6) is 0 Å². The van der Waals surface area contributed by atoms with Crippen LogP contribution in [0.4, 0.5) is 19.0 Å². The molecule has 0 saturated heterocycles. The highest BCUT2D eigenvalue weighted by atomic mass is 19.4. The second-order valence-electron chi connectivity index (χ2n) is 3.81. The molecule has 1 N–H and O–H groups in total. The van der Waals surface area contributed by atoms with E-state index in [0.29, 0.717) is 16.7 Å². The van der Waals surface area contributed by atoms with Crippen LogP contribution in [0.3, 0.4) is 0 Å². The average molecular weight is 240 g/mol. The molecule has 0 aliphatic carbocycles. The summed E-state index contributed by atoms with van der Waals surface area (Å²) in [6.07, 6.45) is -4.32. The van der Waals surface area contributed by atoms with Gasteiger partial charge in [-0.05, 0) is 36.8 Å². The molecule has 2 nitrogen and oxygen atoms in total. The SMILES string of the molecule is CNc1nc2ccc(C(F)(F)F)cc2cc1C. The molecule has 0 amide bonds. The molecule has 0 aliphatic heterocycles. The predicted octanol–water partition coefficient (Wildman–Crippen LogP) is 3.60. The van der Waals surface area contributed by atoms with Gasteiger partial charge in [0.2, 0.25) is 0 Å². The van der Waals surface area contributed by atoms with Crippen LogP contribution in [0.2, 0.25) is 0 Å². The van der Waals surface area contributed by atoms with Gasteiger partial charge in [-0.25, -0.2) is 4.98 Å². The third-order valence-corrected chi connectivity index (χ3v) is 2.57. The largest absolute Gasteiger partial charge is 0.416 e. The van der Waals surface area contributed by atoms with Crippen molar-refractivity contribution in [2.45, 2.75) is 13.1 Å². The predicted molar refractivity (Wildman–Crippen MR) is 61.0 cm³/mol. The minimum atomic E-state index is -4.32. The van der Waals surface area contributed by atoms with Crippen molar-refractivity contribution >= 4 is 16.7 Å². The maximum Gasteiger partial charge on any atom is 0.416 e. The van der Waals surface area contributed by atoms with Crippen molar-refractivity contribution in [3.8, 4) is 0 Å². The standard InChI is InChI=1S/C12H11F3N2/c1-7-5-8-6-9(12(13,14)15)3-4-10(8)17-11(7)16-2/h3-6H,1-2H3,(H,16,17). The molecule has 0 saturated carbocycles. The molecule has 0 fully saturated rings. The Balaban J connectivity index is 2.63. The van der Waals surface area contributed by atoms with Crippen molar-refractivity contribution in [2.24, 2.45) is 0 Å². The number of aromatic nitrogens is 1. The number of hydrogen-bond acceptors (Lipinski definition) is 2. The normalized spacial score (nSPS) is 11.8. The number of nitrogens with one attached hydrogen (secondary N) is 1. The smallest absolute Gasteiger partial charge is 0.373 e. The average Bonchev–Trinajstić information content (AvgIpc) is 2.26. The molecule has 1 aromatic carbocycles. The summed E-state index contributed by atoms with van der Waals surface area (Å²) in [5.41, 5.74) is 0.718. The zero-order valence-electron chi connectivity index (χ0n) is 9.39. The Morgan fingerprint density at radius 1 is 1.18 bits per heavy atom. The van der Waals surface area contributed by atoms with Gasteiger partial charge in [0.15, 0.2) is 0 Å². The molecule has 0 spiro atoms. The highest BCUT2D eigenvalue weighted by Gasteiger charge is 2.30. The van der Waals surface area contributed by atoms with Gasteiger partial charge in [0, 0.05) is 12.4 Å². The summed E-state index contributed by atoms with van der Waals surface area (Å²) in [5, 5.41) is 3.40. The summed E-state index contributed by atoms with van der Waals surface area (Å²) in [6.45, 7) is 1.80. The first-order chi connectivity index (χ1) is 7.91. The third kappa shape index (κ3) is 2.18. The Hall–Kier alpha value is -1.78. The lowest BCUT2D eigenvalue weighted by Gasteiger charge is -2.10. The van der Waals surface area contributed by atoms with Crippen LogP contribution in [0, 0.1) is 6.92 Å². The first-order valence-electron chi connectivity index (χ1n) is 5.08. The monoisotopic (exact) mass is 240 g/mol. The van der Waals surface area contributed by atoms with Crippen molar-refractivity contribution in [3.05, 3.63) is 35.4 Å². The van der Waals surface area contributed by atoms with E-state index in [4.69, 9.17) is 0 Å². The summed E-state index contributed by atoms with van der Waals surface area (Å²) in [7, 11) is 1.73. The van der Waals surface area contributed by atoms with E-state index in [1.54, 1.807) is 20.0 Å². The fraction of sp³-hybridized carbons (Fsp3) is 0.250. The third-order valence-electron chi connectivity index (χ3n) is 2.57. The van der Waals surface area contributed by atoms with Crippen molar-refractivity contribution in [1.29, 1.82) is 0 Å².